The second-order valence-electron chi connectivity index (χ2n) is 8.62. The molecule has 0 aromatic heterocycles. The molecule has 3 amide bonds. The van der Waals surface area contributed by atoms with E-state index in [9.17, 15) is 14.4 Å². The van der Waals surface area contributed by atoms with Crippen molar-refractivity contribution in [3.8, 4) is 5.75 Å². The summed E-state index contributed by atoms with van der Waals surface area (Å²) in [5, 5.41) is 2.86. The molecule has 7 nitrogen and oxygen atoms in total. The Bertz CT molecular complexity index is 1050. The van der Waals surface area contributed by atoms with E-state index in [4.69, 9.17) is 9.47 Å². The van der Waals surface area contributed by atoms with E-state index >= 15 is 0 Å². The first kappa shape index (κ1) is 20.7. The minimum atomic E-state index is -0.373. The summed E-state index contributed by atoms with van der Waals surface area (Å²) in [6.07, 6.45) is 6.38. The van der Waals surface area contributed by atoms with Crippen molar-refractivity contribution in [2.24, 2.45) is 0 Å². The fourth-order valence-corrected chi connectivity index (χ4v) is 4.64. The van der Waals surface area contributed by atoms with Gasteiger partial charge in [-0.25, -0.2) is 0 Å². The number of hydrogen-bond acceptors (Lipinski definition) is 5. The lowest BCUT2D eigenvalue weighted by Gasteiger charge is -2.17. The number of hydrogen-bond donors (Lipinski definition) is 1. The van der Waals surface area contributed by atoms with Crippen molar-refractivity contribution >= 4 is 23.4 Å². The largest absolute Gasteiger partial charge is 0.490 e. The zero-order valence-electron chi connectivity index (χ0n) is 17.8. The van der Waals surface area contributed by atoms with Gasteiger partial charge in [-0.05, 0) is 68.9 Å². The van der Waals surface area contributed by atoms with Crippen molar-refractivity contribution < 1.29 is 23.9 Å². The Morgan fingerprint density at radius 2 is 1.81 bits per heavy atom. The lowest BCUT2D eigenvalue weighted by atomic mass is 10.1. The second-order valence-corrected chi connectivity index (χ2v) is 8.62. The maximum Gasteiger partial charge on any atom is 0.261 e. The Morgan fingerprint density at radius 1 is 1.00 bits per heavy atom. The lowest BCUT2D eigenvalue weighted by molar-refractivity contribution is 0.0475. The smallest absolute Gasteiger partial charge is 0.261 e. The van der Waals surface area contributed by atoms with Crippen LogP contribution >= 0.6 is 0 Å². The Balaban J connectivity index is 1.28. The number of nitrogens with zero attached hydrogens (tertiary/aromatic N) is 1. The van der Waals surface area contributed by atoms with E-state index in [1.807, 2.05) is 18.2 Å². The summed E-state index contributed by atoms with van der Waals surface area (Å²) >= 11 is 0. The number of fused-ring (bicyclic) bond motifs is 1. The summed E-state index contributed by atoms with van der Waals surface area (Å²) in [6.45, 7) is 0.909. The van der Waals surface area contributed by atoms with Gasteiger partial charge in [-0.1, -0.05) is 6.07 Å². The first-order chi connectivity index (χ1) is 15.6. The van der Waals surface area contributed by atoms with Gasteiger partial charge in [-0.15, -0.1) is 0 Å². The number of rotatable bonds is 6. The third kappa shape index (κ3) is 4.12. The van der Waals surface area contributed by atoms with E-state index in [-0.39, 0.29) is 42.0 Å². The SMILES string of the molecule is O=C(Nc1cccc(OC2CCCC2)c1)c1ccc2c(c1)C(=O)N(CC1CCCO1)C2=O. The summed E-state index contributed by atoms with van der Waals surface area (Å²) in [4.78, 5) is 39.6. The molecule has 166 valence electrons. The summed E-state index contributed by atoms with van der Waals surface area (Å²) < 4.78 is 11.6. The molecule has 5 rings (SSSR count). The van der Waals surface area contributed by atoms with Crippen molar-refractivity contribution in [3.05, 3.63) is 59.2 Å². The monoisotopic (exact) mass is 434 g/mol. The molecule has 1 N–H and O–H groups in total. The number of carbonyl (C=O) groups excluding carboxylic acids is 3. The van der Waals surface area contributed by atoms with Crippen LogP contribution in [0, 0.1) is 0 Å². The van der Waals surface area contributed by atoms with E-state index in [1.54, 1.807) is 18.2 Å². The molecule has 2 aromatic rings. The van der Waals surface area contributed by atoms with Crippen molar-refractivity contribution in [2.75, 3.05) is 18.5 Å². The van der Waals surface area contributed by atoms with Crippen LogP contribution in [0.4, 0.5) is 5.69 Å². The lowest BCUT2D eigenvalue weighted by Crippen LogP contribution is -2.36. The van der Waals surface area contributed by atoms with Crippen molar-refractivity contribution in [3.63, 3.8) is 0 Å². The first-order valence-electron chi connectivity index (χ1n) is 11.3. The summed E-state index contributed by atoms with van der Waals surface area (Å²) in [5.41, 5.74) is 1.54. The molecule has 1 aliphatic carbocycles. The van der Waals surface area contributed by atoms with Crippen LogP contribution in [0.25, 0.3) is 0 Å². The highest BCUT2D eigenvalue weighted by molar-refractivity contribution is 6.22. The van der Waals surface area contributed by atoms with Gasteiger partial charge in [0.2, 0.25) is 0 Å². The van der Waals surface area contributed by atoms with Crippen LogP contribution in [0.2, 0.25) is 0 Å². The zero-order valence-corrected chi connectivity index (χ0v) is 17.8. The van der Waals surface area contributed by atoms with Crippen LogP contribution in [0.5, 0.6) is 5.75 Å². The highest BCUT2D eigenvalue weighted by Gasteiger charge is 2.38. The van der Waals surface area contributed by atoms with Gasteiger partial charge in [0.1, 0.15) is 5.75 Å². The number of carbonyl (C=O) groups is 3. The van der Waals surface area contributed by atoms with E-state index in [2.05, 4.69) is 5.32 Å². The first-order valence-corrected chi connectivity index (χ1v) is 11.3. The number of ether oxygens (including phenoxy) is 2. The fraction of sp³-hybridized carbons (Fsp3) is 0.400. The number of anilines is 1. The molecule has 2 heterocycles. The van der Waals surface area contributed by atoms with Gasteiger partial charge in [-0.3, -0.25) is 19.3 Å². The Kier molecular flexibility index (Phi) is 5.66. The zero-order chi connectivity index (χ0) is 22.1. The highest BCUT2D eigenvalue weighted by Crippen LogP contribution is 2.28. The molecule has 1 atom stereocenters. The van der Waals surface area contributed by atoms with Crippen LogP contribution in [-0.2, 0) is 4.74 Å². The molecule has 0 bridgehead atoms. The third-order valence-corrected chi connectivity index (χ3v) is 6.34. The average molecular weight is 434 g/mol. The highest BCUT2D eigenvalue weighted by atomic mass is 16.5. The van der Waals surface area contributed by atoms with E-state index in [1.165, 1.54) is 23.8 Å². The average Bonchev–Trinajstić information content (AvgIpc) is 3.54. The summed E-state index contributed by atoms with van der Waals surface area (Å²) in [6, 6.07) is 12.0. The normalized spacial score (nSPS) is 20.6. The van der Waals surface area contributed by atoms with Crippen LogP contribution < -0.4 is 10.1 Å². The van der Waals surface area contributed by atoms with Gasteiger partial charge >= 0.3 is 0 Å². The van der Waals surface area contributed by atoms with Gasteiger partial charge in [-0.2, -0.15) is 0 Å². The van der Waals surface area contributed by atoms with Crippen LogP contribution in [0.15, 0.2) is 42.5 Å². The Hall–Kier alpha value is -3.19. The minimum Gasteiger partial charge on any atom is -0.490 e. The van der Waals surface area contributed by atoms with Gasteiger partial charge in [0.25, 0.3) is 17.7 Å². The van der Waals surface area contributed by atoms with E-state index < -0.39 is 0 Å². The van der Waals surface area contributed by atoms with E-state index in [0.29, 0.717) is 23.4 Å². The molecular weight excluding hydrogens is 408 g/mol. The maximum absolute atomic E-state index is 12.8. The molecular formula is C25H26N2O5. The summed E-state index contributed by atoms with van der Waals surface area (Å²) in [5.74, 6) is -0.316. The molecule has 0 radical (unpaired) electrons. The van der Waals surface area contributed by atoms with Gasteiger partial charge in [0, 0.05) is 23.9 Å². The quantitative estimate of drug-likeness (QED) is 0.694. The van der Waals surface area contributed by atoms with Crippen molar-refractivity contribution in [2.45, 2.75) is 50.7 Å². The van der Waals surface area contributed by atoms with Crippen LogP contribution in [-0.4, -0.2) is 48.0 Å². The molecule has 1 unspecified atom stereocenters. The van der Waals surface area contributed by atoms with Gasteiger partial charge < -0.3 is 14.8 Å². The molecule has 7 heteroatoms. The number of benzene rings is 2. The predicted molar refractivity (Wildman–Crippen MR) is 118 cm³/mol. The van der Waals surface area contributed by atoms with Gasteiger partial charge in [0.15, 0.2) is 0 Å². The Labute approximate surface area is 186 Å². The number of amides is 3. The maximum atomic E-state index is 12.8. The molecule has 1 saturated heterocycles. The molecule has 2 aromatic carbocycles. The number of nitrogens with one attached hydrogen (secondary N) is 1. The van der Waals surface area contributed by atoms with Crippen molar-refractivity contribution in [1.29, 1.82) is 0 Å². The molecule has 32 heavy (non-hydrogen) atoms. The fourth-order valence-electron chi connectivity index (χ4n) is 4.64. The molecule has 2 fully saturated rings. The molecule has 2 aliphatic heterocycles. The van der Waals surface area contributed by atoms with Crippen molar-refractivity contribution in [1.82, 2.24) is 4.90 Å². The van der Waals surface area contributed by atoms with E-state index in [0.717, 1.165) is 31.4 Å². The standard InChI is InChI=1S/C25H26N2O5/c28-23(26-17-5-3-8-19(14-17)32-18-6-1-2-7-18)16-10-11-21-22(13-16)25(30)27(24(21)29)15-20-9-4-12-31-20/h3,5,8,10-11,13-14,18,20H,1-2,4,6-7,9,12,15H2,(H,26,28). The topological polar surface area (TPSA) is 84.9 Å². The van der Waals surface area contributed by atoms with Gasteiger partial charge in [0.05, 0.1) is 29.9 Å². The van der Waals surface area contributed by atoms with Crippen LogP contribution in [0.3, 0.4) is 0 Å². The second kappa shape index (κ2) is 8.74. The third-order valence-electron chi connectivity index (χ3n) is 6.34. The molecule has 0 spiro atoms. The predicted octanol–water partition coefficient (Wildman–Crippen LogP) is 4.04. The number of imide groups is 1. The Morgan fingerprint density at radius 3 is 2.59 bits per heavy atom. The van der Waals surface area contributed by atoms with Crippen LogP contribution in [0.1, 0.15) is 69.6 Å². The molecule has 1 saturated carbocycles. The minimum absolute atomic E-state index is 0.112. The molecule has 3 aliphatic rings. The summed E-state index contributed by atoms with van der Waals surface area (Å²) in [7, 11) is 0.